The minimum atomic E-state index is -0.0766. The molecule has 3 rings (SSSR count). The normalized spacial score (nSPS) is 12.0. The Kier molecular flexibility index (Phi) is 6.06. The van der Waals surface area contributed by atoms with Crippen LogP contribution < -0.4 is 5.32 Å². The summed E-state index contributed by atoms with van der Waals surface area (Å²) in [6.07, 6.45) is 0.665. The van der Waals surface area contributed by atoms with Gasteiger partial charge < -0.3 is 9.84 Å². The van der Waals surface area contributed by atoms with Crippen LogP contribution in [0.5, 0.6) is 0 Å². The van der Waals surface area contributed by atoms with E-state index in [1.807, 2.05) is 43.3 Å². The molecule has 0 saturated heterocycles. The quantitative estimate of drug-likeness (QED) is 0.595. The molecule has 2 aromatic carbocycles. The second kappa shape index (κ2) is 8.47. The molecule has 1 aromatic heterocycles. The molecule has 0 bridgehead atoms. The Labute approximate surface area is 164 Å². The molecule has 7 heteroatoms. The average Bonchev–Trinajstić information content (AvgIpc) is 3.09. The summed E-state index contributed by atoms with van der Waals surface area (Å²) in [6, 6.07) is 15.0. The van der Waals surface area contributed by atoms with Gasteiger partial charge in [-0.3, -0.25) is 4.79 Å². The molecule has 5 nitrogen and oxygen atoms in total. The summed E-state index contributed by atoms with van der Waals surface area (Å²) < 4.78 is 6.21. The van der Waals surface area contributed by atoms with E-state index in [4.69, 9.17) is 16.1 Å². The van der Waals surface area contributed by atoms with Gasteiger partial charge in [0, 0.05) is 27.9 Å². The van der Waals surface area contributed by atoms with E-state index in [-0.39, 0.29) is 18.4 Å². The third kappa shape index (κ3) is 4.93. The fourth-order valence-electron chi connectivity index (χ4n) is 2.47. The molecule has 3 aromatic rings. The number of hydrogen-bond donors (Lipinski definition) is 1. The predicted molar refractivity (Wildman–Crippen MR) is 104 cm³/mol. The van der Waals surface area contributed by atoms with Crippen LogP contribution in [0.4, 0.5) is 0 Å². The molecule has 0 aliphatic rings. The molecule has 0 fully saturated rings. The number of nitrogens with one attached hydrogen (secondary N) is 1. The summed E-state index contributed by atoms with van der Waals surface area (Å²) in [7, 11) is 0. The Bertz CT molecular complexity index is 896. The van der Waals surface area contributed by atoms with Gasteiger partial charge in [-0.1, -0.05) is 44.8 Å². The molecule has 0 aliphatic carbocycles. The van der Waals surface area contributed by atoms with Crippen molar-refractivity contribution in [3.63, 3.8) is 0 Å². The van der Waals surface area contributed by atoms with E-state index >= 15 is 0 Å². The molecule has 0 spiro atoms. The van der Waals surface area contributed by atoms with Crippen LogP contribution in [-0.4, -0.2) is 16.0 Å². The number of halogens is 2. The number of hydrogen-bond acceptors (Lipinski definition) is 4. The lowest BCUT2D eigenvalue weighted by atomic mass is 10.1. The first-order valence-electron chi connectivity index (χ1n) is 8.14. The van der Waals surface area contributed by atoms with Crippen LogP contribution in [0.2, 0.25) is 5.02 Å². The zero-order valence-electron chi connectivity index (χ0n) is 14.1. The smallest absolute Gasteiger partial charge is 0.227 e. The summed E-state index contributed by atoms with van der Waals surface area (Å²) in [5.41, 5.74) is 1.85. The summed E-state index contributed by atoms with van der Waals surface area (Å²) in [6.45, 7) is 1.95. The largest absolute Gasteiger partial charge is 0.350 e. The molecule has 0 aliphatic heterocycles. The molecule has 1 unspecified atom stereocenters. The van der Waals surface area contributed by atoms with Crippen molar-refractivity contribution in [2.75, 3.05) is 0 Å². The Morgan fingerprint density at radius 3 is 2.77 bits per heavy atom. The number of rotatable bonds is 6. The highest BCUT2D eigenvalue weighted by Crippen LogP contribution is 2.20. The van der Waals surface area contributed by atoms with Gasteiger partial charge >= 0.3 is 0 Å². The molecule has 1 N–H and O–H groups in total. The van der Waals surface area contributed by atoms with Crippen molar-refractivity contribution in [3.8, 4) is 11.4 Å². The van der Waals surface area contributed by atoms with Crippen molar-refractivity contribution >= 4 is 33.4 Å². The van der Waals surface area contributed by atoms with Crippen LogP contribution in [0.25, 0.3) is 11.4 Å². The monoisotopic (exact) mass is 433 g/mol. The van der Waals surface area contributed by atoms with Gasteiger partial charge in [-0.25, -0.2) is 0 Å². The molecule has 0 saturated carbocycles. The predicted octanol–water partition coefficient (Wildman–Crippen LogP) is 4.96. The van der Waals surface area contributed by atoms with Gasteiger partial charge in [-0.05, 0) is 48.9 Å². The SMILES string of the molecule is CC(NC(=O)CCc1nc(-c2ccc(Cl)cc2)no1)c1cccc(Br)c1. The van der Waals surface area contributed by atoms with E-state index in [2.05, 4.69) is 31.4 Å². The standard InChI is InChI=1S/C19H17BrClN3O2/c1-12(14-3-2-4-15(20)11-14)22-17(25)9-10-18-23-19(24-26-18)13-5-7-16(21)8-6-13/h2-8,11-12H,9-10H2,1H3,(H,22,25). The van der Waals surface area contributed by atoms with Gasteiger partial charge in [0.25, 0.3) is 0 Å². The first-order chi connectivity index (χ1) is 12.5. The Hall–Kier alpha value is -2.18. The first-order valence-corrected chi connectivity index (χ1v) is 9.32. The van der Waals surface area contributed by atoms with Crippen LogP contribution in [-0.2, 0) is 11.2 Å². The van der Waals surface area contributed by atoms with Crippen LogP contribution in [0, 0.1) is 0 Å². The molecule has 134 valence electrons. The molecule has 1 atom stereocenters. The van der Waals surface area contributed by atoms with Gasteiger partial charge in [0.1, 0.15) is 0 Å². The lowest BCUT2D eigenvalue weighted by Gasteiger charge is -2.14. The van der Waals surface area contributed by atoms with Gasteiger partial charge in [0.05, 0.1) is 6.04 Å². The van der Waals surface area contributed by atoms with Crippen molar-refractivity contribution in [2.45, 2.75) is 25.8 Å². The fourth-order valence-corrected chi connectivity index (χ4v) is 3.01. The maximum Gasteiger partial charge on any atom is 0.227 e. The minimum Gasteiger partial charge on any atom is -0.350 e. The summed E-state index contributed by atoms with van der Waals surface area (Å²) in [4.78, 5) is 16.5. The minimum absolute atomic E-state index is 0.0660. The zero-order valence-corrected chi connectivity index (χ0v) is 16.4. The Morgan fingerprint density at radius 1 is 1.27 bits per heavy atom. The number of amides is 1. The van der Waals surface area contributed by atoms with Crippen LogP contribution >= 0.6 is 27.5 Å². The highest BCUT2D eigenvalue weighted by molar-refractivity contribution is 9.10. The van der Waals surface area contributed by atoms with Gasteiger partial charge in [-0.15, -0.1) is 0 Å². The molecule has 26 heavy (non-hydrogen) atoms. The number of carbonyl (C=O) groups is 1. The molecular weight excluding hydrogens is 418 g/mol. The maximum absolute atomic E-state index is 12.2. The molecular formula is C19H17BrClN3O2. The lowest BCUT2D eigenvalue weighted by Crippen LogP contribution is -2.26. The molecule has 1 amide bonds. The van der Waals surface area contributed by atoms with E-state index in [1.165, 1.54) is 0 Å². The number of carbonyl (C=O) groups excluding carboxylic acids is 1. The van der Waals surface area contributed by atoms with E-state index in [9.17, 15) is 4.79 Å². The van der Waals surface area contributed by atoms with Crippen molar-refractivity contribution < 1.29 is 9.32 Å². The summed E-state index contributed by atoms with van der Waals surface area (Å²) in [5, 5.41) is 7.57. The van der Waals surface area contributed by atoms with Crippen molar-refractivity contribution in [1.29, 1.82) is 0 Å². The third-order valence-corrected chi connectivity index (χ3v) is 4.61. The van der Waals surface area contributed by atoms with Crippen LogP contribution in [0.3, 0.4) is 0 Å². The van der Waals surface area contributed by atoms with Gasteiger partial charge in [0.2, 0.25) is 17.6 Å². The molecule has 0 radical (unpaired) electrons. The van der Waals surface area contributed by atoms with Crippen molar-refractivity contribution in [2.24, 2.45) is 0 Å². The first kappa shape index (κ1) is 18.6. The van der Waals surface area contributed by atoms with E-state index < -0.39 is 0 Å². The third-order valence-electron chi connectivity index (χ3n) is 3.86. The van der Waals surface area contributed by atoms with Crippen molar-refractivity contribution in [3.05, 3.63) is 69.5 Å². The number of nitrogens with zero attached hydrogens (tertiary/aromatic N) is 2. The summed E-state index contributed by atoms with van der Waals surface area (Å²) >= 11 is 9.31. The van der Waals surface area contributed by atoms with E-state index in [0.717, 1.165) is 15.6 Å². The van der Waals surface area contributed by atoms with Crippen molar-refractivity contribution in [1.82, 2.24) is 15.5 Å². The fraction of sp³-hybridized carbons (Fsp3) is 0.211. The molecule has 1 heterocycles. The zero-order chi connectivity index (χ0) is 18.5. The lowest BCUT2D eigenvalue weighted by molar-refractivity contribution is -0.121. The average molecular weight is 435 g/mol. The number of aromatic nitrogens is 2. The highest BCUT2D eigenvalue weighted by atomic mass is 79.9. The number of aryl methyl sites for hydroxylation is 1. The van der Waals surface area contributed by atoms with E-state index in [0.29, 0.717) is 23.2 Å². The summed E-state index contributed by atoms with van der Waals surface area (Å²) in [5.74, 6) is 0.850. The topological polar surface area (TPSA) is 68.0 Å². The highest BCUT2D eigenvalue weighted by Gasteiger charge is 2.13. The van der Waals surface area contributed by atoms with Crippen LogP contribution in [0.15, 0.2) is 57.5 Å². The van der Waals surface area contributed by atoms with Gasteiger partial charge in [0.15, 0.2) is 0 Å². The second-order valence-electron chi connectivity index (χ2n) is 5.86. The Balaban J connectivity index is 1.54. The van der Waals surface area contributed by atoms with Crippen LogP contribution in [0.1, 0.15) is 30.8 Å². The van der Waals surface area contributed by atoms with E-state index in [1.54, 1.807) is 12.1 Å². The second-order valence-corrected chi connectivity index (χ2v) is 7.21. The number of benzene rings is 2. The Morgan fingerprint density at radius 2 is 2.04 bits per heavy atom. The maximum atomic E-state index is 12.2. The van der Waals surface area contributed by atoms with Gasteiger partial charge in [-0.2, -0.15) is 4.98 Å².